The zero-order chi connectivity index (χ0) is 20.6. The van der Waals surface area contributed by atoms with Crippen LogP contribution in [0.4, 0.5) is 5.13 Å². The third kappa shape index (κ3) is 5.98. The number of nitrogens with one attached hydrogen (secondary N) is 1. The van der Waals surface area contributed by atoms with Crippen molar-refractivity contribution >= 4 is 22.4 Å². The molecule has 5 nitrogen and oxygen atoms in total. The number of nitrogens with zero attached hydrogens (tertiary/aromatic N) is 3. The number of benzene rings is 2. The van der Waals surface area contributed by atoms with Crippen LogP contribution in [-0.4, -0.2) is 60.0 Å². The largest absolute Gasteiger partial charge is 0.302 e. The van der Waals surface area contributed by atoms with E-state index in [-0.39, 0.29) is 5.91 Å². The second kappa shape index (κ2) is 10.5. The van der Waals surface area contributed by atoms with Crippen molar-refractivity contribution in [3.63, 3.8) is 0 Å². The highest BCUT2D eigenvalue weighted by molar-refractivity contribution is 7.14. The molecule has 0 atom stereocenters. The van der Waals surface area contributed by atoms with Crippen molar-refractivity contribution in [1.29, 1.82) is 0 Å². The molecule has 6 heteroatoms. The van der Waals surface area contributed by atoms with Crippen molar-refractivity contribution in [3.8, 4) is 11.3 Å². The van der Waals surface area contributed by atoms with E-state index in [2.05, 4.69) is 50.4 Å². The second-order valence-corrected chi connectivity index (χ2v) is 8.48. The lowest BCUT2D eigenvalue weighted by molar-refractivity contribution is -0.116. The summed E-state index contributed by atoms with van der Waals surface area (Å²) in [5.41, 5.74) is 3.37. The third-order valence-electron chi connectivity index (χ3n) is 5.50. The summed E-state index contributed by atoms with van der Waals surface area (Å²) >= 11 is 1.47. The van der Waals surface area contributed by atoms with Gasteiger partial charge in [-0.05, 0) is 12.0 Å². The van der Waals surface area contributed by atoms with E-state index >= 15 is 0 Å². The van der Waals surface area contributed by atoms with Crippen molar-refractivity contribution in [2.45, 2.75) is 12.8 Å². The first-order chi connectivity index (χ1) is 14.8. The minimum absolute atomic E-state index is 0.0375. The topological polar surface area (TPSA) is 48.5 Å². The average molecular weight is 421 g/mol. The van der Waals surface area contributed by atoms with Crippen LogP contribution in [-0.2, 0) is 11.2 Å². The Morgan fingerprint density at radius 2 is 1.53 bits per heavy atom. The summed E-state index contributed by atoms with van der Waals surface area (Å²) in [5, 5.41) is 5.61. The molecule has 4 rings (SSSR count). The lowest BCUT2D eigenvalue weighted by Gasteiger charge is -2.34. The Hall–Kier alpha value is -2.54. The number of carbonyl (C=O) groups excluding carboxylic acids is 1. The van der Waals surface area contributed by atoms with Crippen LogP contribution in [0, 0.1) is 0 Å². The average Bonchev–Trinajstić information content (AvgIpc) is 3.27. The van der Waals surface area contributed by atoms with Gasteiger partial charge in [0.05, 0.1) is 5.69 Å². The molecular formula is C24H28N4OS. The predicted molar refractivity (Wildman–Crippen MR) is 124 cm³/mol. The van der Waals surface area contributed by atoms with Gasteiger partial charge >= 0.3 is 0 Å². The Morgan fingerprint density at radius 1 is 0.900 bits per heavy atom. The molecular weight excluding hydrogens is 392 g/mol. The van der Waals surface area contributed by atoms with Crippen LogP contribution in [0.1, 0.15) is 12.0 Å². The summed E-state index contributed by atoms with van der Waals surface area (Å²) in [7, 11) is 0. The van der Waals surface area contributed by atoms with Crippen molar-refractivity contribution < 1.29 is 4.79 Å². The molecule has 0 aliphatic carbocycles. The maximum atomic E-state index is 12.3. The molecule has 2 aromatic carbocycles. The molecule has 1 N–H and O–H groups in total. The van der Waals surface area contributed by atoms with Gasteiger partial charge in [-0.2, -0.15) is 0 Å². The number of hydrogen-bond acceptors (Lipinski definition) is 5. The van der Waals surface area contributed by atoms with Crippen LogP contribution in [0.25, 0.3) is 11.3 Å². The van der Waals surface area contributed by atoms with Gasteiger partial charge < -0.3 is 15.1 Å². The highest BCUT2D eigenvalue weighted by Gasteiger charge is 2.17. The molecule has 0 bridgehead atoms. The minimum Gasteiger partial charge on any atom is -0.302 e. The molecule has 0 saturated carbocycles. The van der Waals surface area contributed by atoms with E-state index in [4.69, 9.17) is 0 Å². The number of carbonyl (C=O) groups is 1. The monoisotopic (exact) mass is 420 g/mol. The van der Waals surface area contributed by atoms with Gasteiger partial charge in [0.1, 0.15) is 0 Å². The number of thiazole rings is 1. The summed E-state index contributed by atoms with van der Waals surface area (Å²) in [5.74, 6) is 0.0375. The van der Waals surface area contributed by atoms with E-state index in [0.717, 1.165) is 56.9 Å². The highest BCUT2D eigenvalue weighted by Crippen LogP contribution is 2.24. The Balaban J connectivity index is 1.15. The zero-order valence-corrected chi connectivity index (χ0v) is 18.0. The van der Waals surface area contributed by atoms with Gasteiger partial charge in [-0.15, -0.1) is 11.3 Å². The summed E-state index contributed by atoms with van der Waals surface area (Å²) < 4.78 is 0. The molecule has 1 fully saturated rings. The molecule has 156 valence electrons. The molecule has 0 spiro atoms. The van der Waals surface area contributed by atoms with E-state index < -0.39 is 0 Å². The van der Waals surface area contributed by atoms with Crippen LogP contribution >= 0.6 is 11.3 Å². The maximum absolute atomic E-state index is 12.3. The summed E-state index contributed by atoms with van der Waals surface area (Å²) in [4.78, 5) is 21.8. The van der Waals surface area contributed by atoms with E-state index in [1.807, 2.05) is 35.7 Å². The molecule has 0 radical (unpaired) electrons. The van der Waals surface area contributed by atoms with E-state index in [9.17, 15) is 4.79 Å². The number of piperazine rings is 1. The van der Waals surface area contributed by atoms with Gasteiger partial charge in [-0.25, -0.2) is 4.98 Å². The normalized spacial score (nSPS) is 15.2. The lowest BCUT2D eigenvalue weighted by atomic mass is 10.1. The first-order valence-corrected chi connectivity index (χ1v) is 11.4. The predicted octanol–water partition coefficient (Wildman–Crippen LogP) is 4.00. The lowest BCUT2D eigenvalue weighted by Crippen LogP contribution is -2.47. The standard InChI is InChI=1S/C24H28N4OS/c29-23(26-24-25-22(19-30-24)21-9-5-2-6-10-21)12-14-28-17-15-27(16-18-28)13-11-20-7-3-1-4-8-20/h1-10,19H,11-18H2,(H,25,26,29). The quantitative estimate of drug-likeness (QED) is 0.598. The number of aromatic nitrogens is 1. The van der Waals surface area contributed by atoms with E-state index in [1.54, 1.807) is 0 Å². The number of hydrogen-bond donors (Lipinski definition) is 1. The smallest absolute Gasteiger partial charge is 0.227 e. The number of anilines is 1. The van der Waals surface area contributed by atoms with Gasteiger partial charge in [-0.1, -0.05) is 60.7 Å². The Labute approximate surface area is 182 Å². The van der Waals surface area contributed by atoms with Crippen molar-refractivity contribution in [1.82, 2.24) is 14.8 Å². The van der Waals surface area contributed by atoms with Crippen LogP contribution < -0.4 is 5.32 Å². The fraction of sp³-hybridized carbons (Fsp3) is 0.333. The van der Waals surface area contributed by atoms with E-state index in [1.165, 1.54) is 16.9 Å². The van der Waals surface area contributed by atoms with Crippen LogP contribution in [0.3, 0.4) is 0 Å². The molecule has 0 unspecified atom stereocenters. The van der Waals surface area contributed by atoms with E-state index in [0.29, 0.717) is 11.6 Å². The Kier molecular flexibility index (Phi) is 7.24. The van der Waals surface area contributed by atoms with Gasteiger partial charge in [-0.3, -0.25) is 4.79 Å². The molecule has 30 heavy (non-hydrogen) atoms. The summed E-state index contributed by atoms with van der Waals surface area (Å²) in [6, 6.07) is 20.7. The molecule has 1 aliphatic heterocycles. The zero-order valence-electron chi connectivity index (χ0n) is 17.2. The third-order valence-corrected chi connectivity index (χ3v) is 6.26. The Bertz CT molecular complexity index is 921. The van der Waals surface area contributed by atoms with Crippen molar-refractivity contribution in [2.75, 3.05) is 44.6 Å². The van der Waals surface area contributed by atoms with Crippen LogP contribution in [0.2, 0.25) is 0 Å². The molecule has 1 aliphatic rings. The Morgan fingerprint density at radius 3 is 2.23 bits per heavy atom. The number of rotatable bonds is 8. The maximum Gasteiger partial charge on any atom is 0.227 e. The molecule has 1 saturated heterocycles. The van der Waals surface area contributed by atoms with Gasteiger partial charge in [0, 0.05) is 56.6 Å². The highest BCUT2D eigenvalue weighted by atomic mass is 32.1. The van der Waals surface area contributed by atoms with Crippen molar-refractivity contribution in [3.05, 3.63) is 71.6 Å². The van der Waals surface area contributed by atoms with Gasteiger partial charge in [0.15, 0.2) is 5.13 Å². The molecule has 1 aromatic heterocycles. The SMILES string of the molecule is O=C(CCN1CCN(CCc2ccccc2)CC1)Nc1nc(-c2ccccc2)cs1. The number of amides is 1. The fourth-order valence-corrected chi connectivity index (χ4v) is 4.42. The van der Waals surface area contributed by atoms with Crippen molar-refractivity contribution in [2.24, 2.45) is 0 Å². The van der Waals surface area contributed by atoms with Gasteiger partial charge in [0.2, 0.25) is 5.91 Å². The molecule has 3 aromatic rings. The molecule has 1 amide bonds. The van der Waals surface area contributed by atoms with Crippen LogP contribution in [0.5, 0.6) is 0 Å². The first-order valence-electron chi connectivity index (χ1n) is 10.6. The van der Waals surface area contributed by atoms with Gasteiger partial charge in [0.25, 0.3) is 0 Å². The minimum atomic E-state index is 0.0375. The summed E-state index contributed by atoms with van der Waals surface area (Å²) in [6.45, 7) is 6.10. The first kappa shape index (κ1) is 20.7. The second-order valence-electron chi connectivity index (χ2n) is 7.62. The molecule has 2 heterocycles. The summed E-state index contributed by atoms with van der Waals surface area (Å²) in [6.07, 6.45) is 1.60. The fourth-order valence-electron chi connectivity index (χ4n) is 3.68. The van der Waals surface area contributed by atoms with Crippen LogP contribution in [0.15, 0.2) is 66.0 Å².